The summed E-state index contributed by atoms with van der Waals surface area (Å²) in [7, 11) is 1.78. The van der Waals surface area contributed by atoms with Gasteiger partial charge in [0.2, 0.25) is 5.91 Å². The van der Waals surface area contributed by atoms with E-state index in [0.717, 1.165) is 12.2 Å². The number of aryl methyl sites for hydroxylation is 2. The Balaban J connectivity index is 2.31. The molecule has 1 atom stereocenters. The summed E-state index contributed by atoms with van der Waals surface area (Å²) in [5, 5.41) is 9.45. The van der Waals surface area contributed by atoms with E-state index in [1.165, 1.54) is 11.1 Å². The number of nitrogens with zero attached hydrogens (tertiary/aromatic N) is 2. The average Bonchev–Trinajstić information content (AvgIpc) is 2.36. The van der Waals surface area contributed by atoms with E-state index in [2.05, 4.69) is 26.0 Å². The van der Waals surface area contributed by atoms with E-state index in [4.69, 9.17) is 0 Å². The summed E-state index contributed by atoms with van der Waals surface area (Å²) < 4.78 is 0. The smallest absolute Gasteiger partial charge is 0.247 e. The maximum absolute atomic E-state index is 12.0. The Hall–Kier alpha value is -1.55. The van der Waals surface area contributed by atoms with Gasteiger partial charge in [-0.3, -0.25) is 4.79 Å². The van der Waals surface area contributed by atoms with Crippen molar-refractivity contribution in [2.24, 2.45) is 0 Å². The lowest BCUT2D eigenvalue weighted by molar-refractivity contribution is -0.133. The van der Waals surface area contributed by atoms with Crippen molar-refractivity contribution in [1.82, 2.24) is 4.90 Å². The predicted molar refractivity (Wildman–Crippen MR) is 71.8 cm³/mol. The van der Waals surface area contributed by atoms with Crippen LogP contribution in [-0.4, -0.2) is 48.7 Å². The van der Waals surface area contributed by atoms with Gasteiger partial charge < -0.3 is 14.9 Å². The highest BCUT2D eigenvalue weighted by Gasteiger charge is 2.32. The van der Waals surface area contributed by atoms with Gasteiger partial charge in [0.1, 0.15) is 6.04 Å². The second-order valence-electron chi connectivity index (χ2n) is 4.92. The molecule has 1 amide bonds. The maximum Gasteiger partial charge on any atom is 0.247 e. The normalized spacial score (nSPS) is 20.4. The van der Waals surface area contributed by atoms with E-state index in [1.54, 1.807) is 11.9 Å². The summed E-state index contributed by atoms with van der Waals surface area (Å²) >= 11 is 0. The molecule has 4 nitrogen and oxygen atoms in total. The Kier molecular flexibility index (Phi) is 3.57. The van der Waals surface area contributed by atoms with Gasteiger partial charge in [0.25, 0.3) is 0 Å². The molecule has 0 aliphatic carbocycles. The van der Waals surface area contributed by atoms with Crippen LogP contribution < -0.4 is 4.90 Å². The number of likely N-dealkylation sites (N-methyl/N-ethyl adjacent to an activating group) is 1. The van der Waals surface area contributed by atoms with E-state index in [-0.39, 0.29) is 12.5 Å². The van der Waals surface area contributed by atoms with Crippen molar-refractivity contribution in [3.05, 3.63) is 29.3 Å². The predicted octanol–water partition coefficient (Wildman–Crippen LogP) is 0.943. The molecule has 0 aromatic heterocycles. The van der Waals surface area contributed by atoms with Crippen molar-refractivity contribution in [2.75, 3.05) is 31.6 Å². The van der Waals surface area contributed by atoms with Crippen LogP contribution in [0.5, 0.6) is 0 Å². The van der Waals surface area contributed by atoms with Crippen molar-refractivity contribution >= 4 is 11.6 Å². The van der Waals surface area contributed by atoms with Crippen molar-refractivity contribution in [1.29, 1.82) is 0 Å². The summed E-state index contributed by atoms with van der Waals surface area (Å²) in [6.07, 6.45) is 0. The fraction of sp³-hybridized carbons (Fsp3) is 0.500. The number of aliphatic hydroxyl groups is 1. The Morgan fingerprint density at radius 1 is 1.28 bits per heavy atom. The minimum Gasteiger partial charge on any atom is -0.394 e. The van der Waals surface area contributed by atoms with E-state index in [0.29, 0.717) is 6.54 Å². The summed E-state index contributed by atoms with van der Waals surface area (Å²) in [5.41, 5.74) is 3.45. The Bertz CT molecular complexity index is 459. The second-order valence-corrected chi connectivity index (χ2v) is 4.92. The zero-order valence-electron chi connectivity index (χ0n) is 11.2. The molecule has 1 aliphatic rings. The summed E-state index contributed by atoms with van der Waals surface area (Å²) in [4.78, 5) is 15.7. The van der Waals surface area contributed by atoms with Crippen LogP contribution in [0.3, 0.4) is 0 Å². The fourth-order valence-corrected chi connectivity index (χ4v) is 2.30. The first kappa shape index (κ1) is 12.9. The minimum absolute atomic E-state index is 0.0121. The van der Waals surface area contributed by atoms with Crippen LogP contribution in [0.15, 0.2) is 18.2 Å². The van der Waals surface area contributed by atoms with Gasteiger partial charge in [-0.1, -0.05) is 6.07 Å². The molecule has 0 spiro atoms. The standard InChI is InChI=1S/C14H20N2O2/c1-10-4-5-12(8-11(10)2)16-7-6-15(3)14(18)13(16)9-17/h4-5,8,13,17H,6-7,9H2,1-3H3. The van der Waals surface area contributed by atoms with Crippen LogP contribution in [0.25, 0.3) is 0 Å². The Morgan fingerprint density at radius 2 is 2.00 bits per heavy atom. The molecular formula is C14H20N2O2. The molecule has 2 rings (SSSR count). The zero-order valence-corrected chi connectivity index (χ0v) is 11.2. The molecular weight excluding hydrogens is 228 g/mol. The molecule has 1 aromatic rings. The average molecular weight is 248 g/mol. The number of hydrogen-bond donors (Lipinski definition) is 1. The van der Waals surface area contributed by atoms with Crippen LogP contribution in [0, 0.1) is 13.8 Å². The number of carbonyl (C=O) groups excluding carboxylic acids is 1. The second kappa shape index (κ2) is 4.98. The topological polar surface area (TPSA) is 43.8 Å². The molecule has 0 radical (unpaired) electrons. The highest BCUT2D eigenvalue weighted by molar-refractivity contribution is 5.86. The van der Waals surface area contributed by atoms with Crippen molar-refractivity contribution < 1.29 is 9.90 Å². The molecule has 4 heteroatoms. The molecule has 1 fully saturated rings. The minimum atomic E-state index is -0.453. The first-order valence-corrected chi connectivity index (χ1v) is 6.24. The SMILES string of the molecule is Cc1ccc(N2CCN(C)C(=O)C2CO)cc1C. The maximum atomic E-state index is 12.0. The van der Waals surface area contributed by atoms with Gasteiger partial charge >= 0.3 is 0 Å². The first-order chi connectivity index (χ1) is 8.54. The number of carbonyl (C=O) groups is 1. The molecule has 18 heavy (non-hydrogen) atoms. The number of aliphatic hydroxyl groups excluding tert-OH is 1. The quantitative estimate of drug-likeness (QED) is 0.847. The van der Waals surface area contributed by atoms with Crippen molar-refractivity contribution in [3.63, 3.8) is 0 Å². The third-order valence-corrected chi connectivity index (χ3v) is 3.71. The van der Waals surface area contributed by atoms with Crippen molar-refractivity contribution in [3.8, 4) is 0 Å². The number of piperazine rings is 1. The van der Waals surface area contributed by atoms with Crippen molar-refractivity contribution in [2.45, 2.75) is 19.9 Å². The lowest BCUT2D eigenvalue weighted by atomic mass is 10.1. The lowest BCUT2D eigenvalue weighted by Crippen LogP contribution is -2.57. The van der Waals surface area contributed by atoms with Crippen LogP contribution in [0.4, 0.5) is 5.69 Å². The largest absolute Gasteiger partial charge is 0.394 e. The van der Waals surface area contributed by atoms with Crippen LogP contribution in [-0.2, 0) is 4.79 Å². The van der Waals surface area contributed by atoms with E-state index < -0.39 is 6.04 Å². The summed E-state index contributed by atoms with van der Waals surface area (Å²) in [6, 6.07) is 5.70. The molecule has 0 saturated carbocycles. The number of amides is 1. The molecule has 1 unspecified atom stereocenters. The third kappa shape index (κ3) is 2.20. The van der Waals surface area contributed by atoms with E-state index >= 15 is 0 Å². The van der Waals surface area contributed by atoms with Crippen LogP contribution in [0.1, 0.15) is 11.1 Å². The number of anilines is 1. The van der Waals surface area contributed by atoms with Crippen LogP contribution >= 0.6 is 0 Å². The van der Waals surface area contributed by atoms with Gasteiger partial charge in [0, 0.05) is 25.8 Å². The monoisotopic (exact) mass is 248 g/mol. The van der Waals surface area contributed by atoms with Gasteiger partial charge in [-0.2, -0.15) is 0 Å². The fourth-order valence-electron chi connectivity index (χ4n) is 2.30. The van der Waals surface area contributed by atoms with E-state index in [9.17, 15) is 9.90 Å². The van der Waals surface area contributed by atoms with Crippen LogP contribution in [0.2, 0.25) is 0 Å². The number of hydrogen-bond acceptors (Lipinski definition) is 3. The van der Waals surface area contributed by atoms with Gasteiger partial charge in [-0.05, 0) is 37.1 Å². The molecule has 1 heterocycles. The highest BCUT2D eigenvalue weighted by atomic mass is 16.3. The Labute approximate surface area is 108 Å². The van der Waals surface area contributed by atoms with E-state index in [1.807, 2.05) is 11.0 Å². The van der Waals surface area contributed by atoms with Gasteiger partial charge in [-0.15, -0.1) is 0 Å². The number of rotatable bonds is 2. The third-order valence-electron chi connectivity index (χ3n) is 3.71. The van der Waals surface area contributed by atoms with Gasteiger partial charge in [0.05, 0.1) is 6.61 Å². The molecule has 1 saturated heterocycles. The molecule has 1 aliphatic heterocycles. The lowest BCUT2D eigenvalue weighted by Gasteiger charge is -2.39. The number of benzene rings is 1. The molecule has 0 bridgehead atoms. The van der Waals surface area contributed by atoms with Gasteiger partial charge in [0.15, 0.2) is 0 Å². The highest BCUT2D eigenvalue weighted by Crippen LogP contribution is 2.23. The first-order valence-electron chi connectivity index (χ1n) is 6.24. The zero-order chi connectivity index (χ0) is 13.3. The molecule has 1 aromatic carbocycles. The summed E-state index contributed by atoms with van der Waals surface area (Å²) in [5.74, 6) is -0.0121. The molecule has 1 N–H and O–H groups in total. The molecule has 98 valence electrons. The summed E-state index contributed by atoms with van der Waals surface area (Å²) in [6.45, 7) is 5.44. The van der Waals surface area contributed by atoms with Gasteiger partial charge in [-0.25, -0.2) is 0 Å². The Morgan fingerprint density at radius 3 is 2.61 bits per heavy atom.